The number of imide groups is 1. The molecular formula is C13H16ClN5O2S. The summed E-state index contributed by atoms with van der Waals surface area (Å²) in [6, 6.07) is 1.63. The highest BCUT2D eigenvalue weighted by Crippen LogP contribution is 2.27. The summed E-state index contributed by atoms with van der Waals surface area (Å²) in [4.78, 5) is 25.3. The average Bonchev–Trinajstić information content (AvgIpc) is 2.95. The molecule has 0 aliphatic carbocycles. The third-order valence-electron chi connectivity index (χ3n) is 3.66. The lowest BCUT2D eigenvalue weighted by molar-refractivity contribution is -0.130. The largest absolute Gasteiger partial charge is 0.374 e. The summed E-state index contributed by atoms with van der Waals surface area (Å²) < 4.78 is 3.89. The third-order valence-corrected chi connectivity index (χ3v) is 4.84. The van der Waals surface area contributed by atoms with Crippen LogP contribution >= 0.6 is 23.1 Å². The number of rotatable bonds is 6. The molecule has 22 heavy (non-hydrogen) atoms. The van der Waals surface area contributed by atoms with Crippen molar-refractivity contribution in [1.82, 2.24) is 14.6 Å². The Labute approximate surface area is 137 Å². The van der Waals surface area contributed by atoms with Crippen LogP contribution in [0.25, 0.3) is 0 Å². The number of nitrogens with zero attached hydrogens (tertiary/aromatic N) is 3. The number of hydrogen-bond acceptors (Lipinski definition) is 6. The van der Waals surface area contributed by atoms with Crippen molar-refractivity contribution in [3.8, 4) is 6.07 Å². The molecule has 0 spiro atoms. The molecule has 0 unspecified atom stereocenters. The van der Waals surface area contributed by atoms with E-state index in [9.17, 15) is 9.59 Å². The van der Waals surface area contributed by atoms with Crippen LogP contribution in [0.2, 0.25) is 5.15 Å². The zero-order valence-electron chi connectivity index (χ0n) is 12.3. The molecule has 0 bridgehead atoms. The van der Waals surface area contributed by atoms with E-state index in [0.717, 1.165) is 11.5 Å². The predicted octanol–water partition coefficient (Wildman–Crippen LogP) is 2.19. The molecule has 1 saturated heterocycles. The Morgan fingerprint density at radius 1 is 1.55 bits per heavy atom. The first kappa shape index (κ1) is 16.5. The Kier molecular flexibility index (Phi) is 4.88. The second kappa shape index (κ2) is 6.50. The molecule has 1 fully saturated rings. The summed E-state index contributed by atoms with van der Waals surface area (Å²) in [5, 5.41) is 15.5. The van der Waals surface area contributed by atoms with E-state index in [2.05, 4.69) is 15.0 Å². The summed E-state index contributed by atoms with van der Waals surface area (Å²) in [6.45, 7) is 4.42. The minimum atomic E-state index is -0.802. The van der Waals surface area contributed by atoms with Gasteiger partial charge in [0.25, 0.3) is 5.91 Å². The fraction of sp³-hybridized carbons (Fsp3) is 0.538. The number of amides is 3. The van der Waals surface area contributed by atoms with Crippen molar-refractivity contribution < 1.29 is 9.59 Å². The molecule has 2 N–H and O–H groups in total. The summed E-state index contributed by atoms with van der Waals surface area (Å²) >= 11 is 6.89. The average molecular weight is 342 g/mol. The molecule has 2 rings (SSSR count). The lowest BCUT2D eigenvalue weighted by atomic mass is 9.99. The van der Waals surface area contributed by atoms with Gasteiger partial charge in [-0.2, -0.15) is 9.64 Å². The molecule has 2 heterocycles. The fourth-order valence-electron chi connectivity index (χ4n) is 2.12. The molecule has 3 amide bonds. The summed E-state index contributed by atoms with van der Waals surface area (Å²) in [5.74, 6) is -0.196. The number of hydrogen-bond donors (Lipinski definition) is 2. The summed E-state index contributed by atoms with van der Waals surface area (Å²) in [7, 11) is 0. The van der Waals surface area contributed by atoms with Gasteiger partial charge in [0, 0.05) is 13.1 Å². The van der Waals surface area contributed by atoms with Crippen LogP contribution in [0.15, 0.2) is 0 Å². The first-order valence-electron chi connectivity index (χ1n) is 6.86. The molecular weight excluding hydrogens is 326 g/mol. The number of carbonyl (C=O) groups excluding carboxylic acids is 2. The van der Waals surface area contributed by atoms with Crippen LogP contribution in [0.1, 0.15) is 32.3 Å². The molecule has 1 aliphatic heterocycles. The molecule has 7 nitrogen and oxygen atoms in total. The molecule has 118 valence electrons. The highest BCUT2D eigenvalue weighted by atomic mass is 35.5. The monoisotopic (exact) mass is 341 g/mol. The lowest BCUT2D eigenvalue weighted by Crippen LogP contribution is -2.43. The van der Waals surface area contributed by atoms with Gasteiger partial charge in [0.05, 0.1) is 0 Å². The van der Waals surface area contributed by atoms with E-state index < -0.39 is 5.54 Å². The third kappa shape index (κ3) is 3.00. The maximum atomic E-state index is 12.2. The van der Waals surface area contributed by atoms with E-state index in [1.54, 1.807) is 6.92 Å². The molecule has 1 atom stereocenters. The van der Waals surface area contributed by atoms with Gasteiger partial charge in [0.2, 0.25) is 0 Å². The molecule has 9 heteroatoms. The Bertz CT molecular complexity index is 641. The zero-order valence-corrected chi connectivity index (χ0v) is 13.8. The van der Waals surface area contributed by atoms with Crippen molar-refractivity contribution in [2.75, 3.05) is 18.4 Å². The van der Waals surface area contributed by atoms with Crippen LogP contribution in [0.3, 0.4) is 0 Å². The Morgan fingerprint density at radius 2 is 2.27 bits per heavy atom. The molecule has 0 saturated carbocycles. The van der Waals surface area contributed by atoms with Gasteiger partial charge in [-0.15, -0.1) is 0 Å². The first-order valence-corrected chi connectivity index (χ1v) is 8.01. The Balaban J connectivity index is 1.86. The second-order valence-electron chi connectivity index (χ2n) is 5.14. The highest BCUT2D eigenvalue weighted by molar-refractivity contribution is 7.10. The van der Waals surface area contributed by atoms with E-state index in [1.165, 1.54) is 4.90 Å². The molecule has 1 aromatic heterocycles. The molecule has 1 aromatic rings. The maximum absolute atomic E-state index is 12.2. The highest BCUT2D eigenvalue weighted by Gasteiger charge is 2.45. The van der Waals surface area contributed by atoms with Gasteiger partial charge in [0.1, 0.15) is 22.2 Å². The fourth-order valence-corrected chi connectivity index (χ4v) is 3.08. The Morgan fingerprint density at radius 3 is 2.86 bits per heavy atom. The standard InChI is InChI=1S/C13H16ClN5O2S/c1-3-13(2)11(20)19(12(21)17-13)6-4-5-16-10-8(7-15)9(14)18-22-10/h16H,3-6H2,1-2H3,(H,17,21)/t13-/m1/s1. The number of urea groups is 1. The first-order chi connectivity index (χ1) is 10.4. The van der Waals surface area contributed by atoms with Crippen LogP contribution in [-0.4, -0.2) is 39.8 Å². The van der Waals surface area contributed by atoms with Crippen LogP contribution in [-0.2, 0) is 4.79 Å². The Hall–Kier alpha value is -1.85. The van der Waals surface area contributed by atoms with Gasteiger partial charge in [-0.1, -0.05) is 18.5 Å². The van der Waals surface area contributed by atoms with Crippen LogP contribution in [0, 0.1) is 11.3 Å². The number of nitriles is 1. The van der Waals surface area contributed by atoms with Crippen molar-refractivity contribution in [2.24, 2.45) is 0 Å². The summed E-state index contributed by atoms with van der Waals surface area (Å²) in [6.07, 6.45) is 1.12. The second-order valence-corrected chi connectivity index (χ2v) is 6.27. The molecule has 0 aromatic carbocycles. The topological polar surface area (TPSA) is 98.1 Å². The number of anilines is 1. The number of halogens is 1. The van der Waals surface area contributed by atoms with Crippen molar-refractivity contribution >= 4 is 40.1 Å². The van der Waals surface area contributed by atoms with Crippen molar-refractivity contribution in [3.63, 3.8) is 0 Å². The van der Waals surface area contributed by atoms with E-state index >= 15 is 0 Å². The summed E-state index contributed by atoms with van der Waals surface area (Å²) in [5.41, 5.74) is -0.482. The van der Waals surface area contributed by atoms with E-state index in [1.807, 2.05) is 13.0 Å². The maximum Gasteiger partial charge on any atom is 0.325 e. The normalized spacial score (nSPS) is 20.9. The SMILES string of the molecule is CC[C@@]1(C)NC(=O)N(CCCNc2snc(Cl)c2C#N)C1=O. The zero-order chi connectivity index (χ0) is 16.3. The van der Waals surface area contributed by atoms with Gasteiger partial charge in [-0.25, -0.2) is 4.79 Å². The minimum absolute atomic E-state index is 0.183. The number of aromatic nitrogens is 1. The quantitative estimate of drug-likeness (QED) is 0.610. The number of nitrogens with one attached hydrogen (secondary N) is 2. The van der Waals surface area contributed by atoms with Crippen LogP contribution in [0.4, 0.5) is 9.80 Å². The number of carbonyl (C=O) groups is 2. The lowest BCUT2D eigenvalue weighted by Gasteiger charge is -2.19. The van der Waals surface area contributed by atoms with Gasteiger partial charge in [-0.05, 0) is 31.3 Å². The van der Waals surface area contributed by atoms with Crippen LogP contribution in [0.5, 0.6) is 0 Å². The van der Waals surface area contributed by atoms with Gasteiger partial charge in [0.15, 0.2) is 5.15 Å². The van der Waals surface area contributed by atoms with Gasteiger partial charge in [-0.3, -0.25) is 9.69 Å². The van der Waals surface area contributed by atoms with Gasteiger partial charge >= 0.3 is 6.03 Å². The predicted molar refractivity (Wildman–Crippen MR) is 83.9 cm³/mol. The van der Waals surface area contributed by atoms with E-state index in [-0.39, 0.29) is 17.1 Å². The van der Waals surface area contributed by atoms with E-state index in [4.69, 9.17) is 16.9 Å². The van der Waals surface area contributed by atoms with Crippen LogP contribution < -0.4 is 10.6 Å². The van der Waals surface area contributed by atoms with Gasteiger partial charge < -0.3 is 10.6 Å². The smallest absolute Gasteiger partial charge is 0.325 e. The van der Waals surface area contributed by atoms with Crippen molar-refractivity contribution in [1.29, 1.82) is 5.26 Å². The van der Waals surface area contributed by atoms with E-state index in [0.29, 0.717) is 36.5 Å². The van der Waals surface area contributed by atoms with Crippen molar-refractivity contribution in [2.45, 2.75) is 32.2 Å². The van der Waals surface area contributed by atoms with Crippen molar-refractivity contribution in [3.05, 3.63) is 10.7 Å². The minimum Gasteiger partial charge on any atom is -0.374 e. The molecule has 1 aliphatic rings. The molecule has 0 radical (unpaired) electrons.